The normalized spacial score (nSPS) is 20.4. The summed E-state index contributed by atoms with van der Waals surface area (Å²) in [5, 5.41) is 9.56. The highest BCUT2D eigenvalue weighted by atomic mass is 16.9. The molecule has 1 aliphatic heterocycles. The number of fused-ring (bicyclic) bond motifs is 3. The van der Waals surface area contributed by atoms with Crippen LogP contribution in [0.3, 0.4) is 0 Å². The van der Waals surface area contributed by atoms with Gasteiger partial charge >= 0.3 is 5.97 Å². The van der Waals surface area contributed by atoms with Crippen LogP contribution in [0.2, 0.25) is 0 Å². The van der Waals surface area contributed by atoms with E-state index in [9.17, 15) is 14.9 Å². The summed E-state index contributed by atoms with van der Waals surface area (Å²) in [5.74, 6) is 1.33. The van der Waals surface area contributed by atoms with Crippen LogP contribution in [-0.4, -0.2) is 23.3 Å². The van der Waals surface area contributed by atoms with Crippen LogP contribution in [0.5, 0.6) is 11.5 Å². The molecule has 0 aromatic heterocycles. The van der Waals surface area contributed by atoms with Gasteiger partial charge in [-0.05, 0) is 69.6 Å². The Bertz CT molecular complexity index is 980. The number of hydrogen-bond acceptors (Lipinski definition) is 6. The van der Waals surface area contributed by atoms with Crippen LogP contribution in [0.15, 0.2) is 23.8 Å². The standard InChI is InChI=1S/C29H43NO6/c1-7-8-9-10-15-28(3,4)21-18-24(35-26(31)12-11-16-34-30(32)33)27-22-17-20(2)13-14-23(22)29(5,6)36-25(27)19-21/h17-19,22-23H,7-16H2,1-6H3. The van der Waals surface area contributed by atoms with Crippen LogP contribution in [0.1, 0.15) is 116 Å². The van der Waals surface area contributed by atoms with E-state index in [0.717, 1.165) is 42.6 Å². The zero-order valence-electron chi connectivity index (χ0n) is 22.9. The first-order valence-corrected chi connectivity index (χ1v) is 13.5. The first kappa shape index (κ1) is 28.0. The Morgan fingerprint density at radius 2 is 1.97 bits per heavy atom. The number of carbonyl (C=O) groups excluding carboxylic acids is 1. The van der Waals surface area contributed by atoms with Crippen molar-refractivity contribution in [3.63, 3.8) is 0 Å². The largest absolute Gasteiger partial charge is 0.487 e. The van der Waals surface area contributed by atoms with Crippen molar-refractivity contribution in [2.75, 3.05) is 6.61 Å². The molecule has 2 aliphatic rings. The predicted octanol–water partition coefficient (Wildman–Crippen LogP) is 7.44. The average molecular weight is 502 g/mol. The molecule has 0 bridgehead atoms. The minimum Gasteiger partial charge on any atom is -0.487 e. The van der Waals surface area contributed by atoms with E-state index in [2.05, 4.69) is 58.5 Å². The summed E-state index contributed by atoms with van der Waals surface area (Å²) in [6, 6.07) is 4.19. The van der Waals surface area contributed by atoms with Crippen molar-refractivity contribution in [3.8, 4) is 11.5 Å². The molecule has 1 aromatic carbocycles. The maximum absolute atomic E-state index is 12.8. The average Bonchev–Trinajstić information content (AvgIpc) is 2.78. The summed E-state index contributed by atoms with van der Waals surface area (Å²) in [5.41, 5.74) is 2.95. The van der Waals surface area contributed by atoms with E-state index in [4.69, 9.17) is 9.47 Å². The van der Waals surface area contributed by atoms with E-state index in [1.54, 1.807) is 0 Å². The summed E-state index contributed by atoms with van der Waals surface area (Å²) >= 11 is 0. The lowest BCUT2D eigenvalue weighted by atomic mass is 9.67. The van der Waals surface area contributed by atoms with Crippen LogP contribution in [-0.2, 0) is 15.0 Å². The van der Waals surface area contributed by atoms with Crippen LogP contribution in [0.4, 0.5) is 0 Å². The molecule has 2 atom stereocenters. The Balaban J connectivity index is 1.96. The summed E-state index contributed by atoms with van der Waals surface area (Å²) in [4.78, 5) is 27.5. The van der Waals surface area contributed by atoms with Crippen molar-refractivity contribution in [2.45, 2.75) is 116 Å². The molecule has 36 heavy (non-hydrogen) atoms. The molecule has 1 aliphatic carbocycles. The topological polar surface area (TPSA) is 87.9 Å². The number of nitrogens with zero attached hydrogens (tertiary/aromatic N) is 1. The van der Waals surface area contributed by atoms with E-state index >= 15 is 0 Å². The minimum absolute atomic E-state index is 0.0442. The molecule has 3 rings (SSSR count). The van der Waals surface area contributed by atoms with Crippen LogP contribution in [0.25, 0.3) is 0 Å². The minimum atomic E-state index is -0.843. The van der Waals surface area contributed by atoms with E-state index in [1.807, 2.05) is 6.07 Å². The second kappa shape index (κ2) is 11.7. The third kappa shape index (κ3) is 6.80. The molecule has 200 valence electrons. The lowest BCUT2D eigenvalue weighted by molar-refractivity contribution is -0.757. The lowest BCUT2D eigenvalue weighted by Crippen LogP contribution is -2.45. The van der Waals surface area contributed by atoms with Crippen molar-refractivity contribution in [3.05, 3.63) is 45.0 Å². The third-order valence-corrected chi connectivity index (χ3v) is 7.83. The van der Waals surface area contributed by atoms with Gasteiger partial charge in [0.05, 0.1) is 6.61 Å². The van der Waals surface area contributed by atoms with Gasteiger partial charge in [0.25, 0.3) is 5.09 Å². The molecule has 1 aromatic rings. The van der Waals surface area contributed by atoms with Gasteiger partial charge in [0.1, 0.15) is 17.1 Å². The highest BCUT2D eigenvalue weighted by Crippen LogP contribution is 2.54. The molecule has 0 fully saturated rings. The van der Waals surface area contributed by atoms with Gasteiger partial charge in [-0.3, -0.25) is 4.79 Å². The highest BCUT2D eigenvalue weighted by Gasteiger charge is 2.46. The number of esters is 1. The van der Waals surface area contributed by atoms with E-state index < -0.39 is 11.1 Å². The van der Waals surface area contributed by atoms with Crippen molar-refractivity contribution in [1.29, 1.82) is 0 Å². The zero-order valence-corrected chi connectivity index (χ0v) is 22.9. The van der Waals surface area contributed by atoms with E-state index in [0.29, 0.717) is 5.75 Å². The molecule has 0 amide bonds. The summed E-state index contributed by atoms with van der Waals surface area (Å²) < 4.78 is 12.6. The third-order valence-electron chi connectivity index (χ3n) is 7.83. The van der Waals surface area contributed by atoms with Gasteiger partial charge in [-0.15, -0.1) is 10.1 Å². The van der Waals surface area contributed by atoms with E-state index in [-0.39, 0.29) is 42.3 Å². The fourth-order valence-corrected chi connectivity index (χ4v) is 5.65. The number of carbonyl (C=O) groups is 1. The van der Waals surface area contributed by atoms with Crippen LogP contribution in [0, 0.1) is 16.0 Å². The fourth-order valence-electron chi connectivity index (χ4n) is 5.65. The second-order valence-corrected chi connectivity index (χ2v) is 11.6. The van der Waals surface area contributed by atoms with Crippen molar-refractivity contribution in [2.24, 2.45) is 5.92 Å². The van der Waals surface area contributed by atoms with Gasteiger partial charge in [0.2, 0.25) is 0 Å². The monoisotopic (exact) mass is 501 g/mol. The molecule has 7 nitrogen and oxygen atoms in total. The van der Waals surface area contributed by atoms with Crippen molar-refractivity contribution >= 4 is 5.97 Å². The van der Waals surface area contributed by atoms with Gasteiger partial charge in [-0.1, -0.05) is 58.1 Å². The van der Waals surface area contributed by atoms with Gasteiger partial charge < -0.3 is 14.3 Å². The highest BCUT2D eigenvalue weighted by molar-refractivity contribution is 5.74. The number of hydrogen-bond donors (Lipinski definition) is 0. The smallest absolute Gasteiger partial charge is 0.311 e. The molecule has 0 N–H and O–H groups in total. The first-order valence-electron chi connectivity index (χ1n) is 13.5. The maximum Gasteiger partial charge on any atom is 0.311 e. The van der Waals surface area contributed by atoms with Gasteiger partial charge in [-0.25, -0.2) is 0 Å². The van der Waals surface area contributed by atoms with Crippen LogP contribution < -0.4 is 9.47 Å². The zero-order chi connectivity index (χ0) is 26.5. The van der Waals surface area contributed by atoms with E-state index in [1.165, 1.54) is 24.8 Å². The second-order valence-electron chi connectivity index (χ2n) is 11.6. The molecule has 0 saturated heterocycles. The molecule has 2 unspecified atom stereocenters. The Labute approximate surface area is 215 Å². The molecule has 0 saturated carbocycles. The number of unbranched alkanes of at least 4 members (excludes halogenated alkanes) is 3. The molecule has 7 heteroatoms. The molecule has 0 spiro atoms. The Hall–Kier alpha value is -2.57. The predicted molar refractivity (Wildman–Crippen MR) is 140 cm³/mol. The Morgan fingerprint density at radius 1 is 1.22 bits per heavy atom. The first-order chi connectivity index (χ1) is 16.9. The van der Waals surface area contributed by atoms with Gasteiger partial charge in [-0.2, -0.15) is 0 Å². The summed E-state index contributed by atoms with van der Waals surface area (Å²) in [6.07, 6.45) is 10.5. The molecule has 0 radical (unpaired) electrons. The molecular formula is C29H43NO6. The summed E-state index contributed by atoms with van der Waals surface area (Å²) in [6.45, 7) is 13.0. The maximum atomic E-state index is 12.8. The number of ether oxygens (including phenoxy) is 2. The quantitative estimate of drug-likeness (QED) is 0.0738. The van der Waals surface area contributed by atoms with Crippen molar-refractivity contribution in [1.82, 2.24) is 0 Å². The van der Waals surface area contributed by atoms with Crippen molar-refractivity contribution < 1.29 is 24.2 Å². The van der Waals surface area contributed by atoms with Crippen LogP contribution >= 0.6 is 0 Å². The fraction of sp³-hybridized carbons (Fsp3) is 0.690. The van der Waals surface area contributed by atoms with Gasteiger partial charge in [0, 0.05) is 23.8 Å². The molecule has 1 heterocycles. The lowest BCUT2D eigenvalue weighted by Gasteiger charge is -2.47. The Morgan fingerprint density at radius 3 is 2.67 bits per heavy atom. The number of benzene rings is 1. The number of rotatable bonds is 12. The number of allylic oxidation sites excluding steroid dienone is 2. The molecular weight excluding hydrogens is 458 g/mol. The SMILES string of the molecule is CCCCCCC(C)(C)c1cc(OC(=O)CCCO[N+](=O)[O-])c2c(c1)OC(C)(C)C1CCC(C)=CC21. The summed E-state index contributed by atoms with van der Waals surface area (Å²) in [7, 11) is 0. The Kier molecular flexibility index (Phi) is 9.07. The van der Waals surface area contributed by atoms with Gasteiger partial charge in [0.15, 0.2) is 0 Å².